The highest BCUT2D eigenvalue weighted by molar-refractivity contribution is 5.98. The zero-order valence-corrected chi connectivity index (χ0v) is 26.2. The zero-order valence-electron chi connectivity index (χ0n) is 26.2. The number of benzene rings is 3. The van der Waals surface area contributed by atoms with Crippen molar-refractivity contribution in [2.75, 3.05) is 17.2 Å². The van der Waals surface area contributed by atoms with Crippen LogP contribution in [0, 0.1) is 22.7 Å². The molecule has 0 bridgehead atoms. The van der Waals surface area contributed by atoms with Crippen molar-refractivity contribution in [3.63, 3.8) is 0 Å². The van der Waals surface area contributed by atoms with E-state index in [9.17, 15) is 54.2 Å². The van der Waals surface area contributed by atoms with Crippen LogP contribution in [0.5, 0.6) is 0 Å². The number of anilines is 2. The summed E-state index contributed by atoms with van der Waals surface area (Å²) >= 11 is 0. The Kier molecular flexibility index (Phi) is 10.2. The van der Waals surface area contributed by atoms with Gasteiger partial charge in [-0.15, -0.1) is 0 Å². The maximum absolute atomic E-state index is 13.7. The third kappa shape index (κ3) is 8.59. The molecule has 0 spiro atoms. The SMILES string of the molecule is CC(O)(CO[C@@](C)(Cn1ccc2cc(C(F)(F)F)ccc21)C(=O)Nc1ccc(C#N)c(C(F)(F)F)c1)C(=O)Nc1ccc(C#N)c(C(F)(F)F)c1. The summed E-state index contributed by atoms with van der Waals surface area (Å²) in [7, 11) is 0. The van der Waals surface area contributed by atoms with Crippen LogP contribution in [0.1, 0.15) is 41.7 Å². The molecule has 3 N–H and O–H groups in total. The first-order chi connectivity index (χ1) is 23.5. The van der Waals surface area contributed by atoms with Crippen LogP contribution in [-0.4, -0.2) is 39.3 Å². The van der Waals surface area contributed by atoms with Gasteiger partial charge in [0.15, 0.2) is 11.2 Å². The molecule has 0 saturated heterocycles. The largest absolute Gasteiger partial charge is 0.417 e. The molecule has 3 aromatic carbocycles. The van der Waals surface area contributed by atoms with Crippen LogP contribution in [0.2, 0.25) is 0 Å². The maximum atomic E-state index is 13.7. The van der Waals surface area contributed by atoms with Gasteiger partial charge in [-0.2, -0.15) is 50.0 Å². The second-order valence-corrected chi connectivity index (χ2v) is 11.7. The van der Waals surface area contributed by atoms with Crippen molar-refractivity contribution in [2.45, 2.75) is 50.1 Å². The topological polar surface area (TPSA) is 140 Å². The number of fused-ring (bicyclic) bond motifs is 1. The first kappa shape index (κ1) is 38.2. The minimum Gasteiger partial charge on any atom is -0.378 e. The number of carbonyl (C=O) groups is 2. The molecule has 9 nitrogen and oxygen atoms in total. The van der Waals surface area contributed by atoms with Gasteiger partial charge in [-0.3, -0.25) is 9.59 Å². The predicted molar refractivity (Wildman–Crippen MR) is 161 cm³/mol. The van der Waals surface area contributed by atoms with Crippen LogP contribution in [-0.2, 0) is 39.4 Å². The van der Waals surface area contributed by atoms with Crippen molar-refractivity contribution >= 4 is 34.1 Å². The molecule has 0 aliphatic heterocycles. The van der Waals surface area contributed by atoms with Crippen molar-refractivity contribution < 1.29 is 58.9 Å². The molecule has 0 radical (unpaired) electrons. The predicted octanol–water partition coefficient (Wildman–Crippen LogP) is 7.24. The van der Waals surface area contributed by atoms with Gasteiger partial charge in [-0.25, -0.2) is 0 Å². The average molecular weight is 726 g/mol. The Bertz CT molecular complexity index is 2070. The molecular formula is C33H24F9N5O4. The Balaban J connectivity index is 1.66. The zero-order chi connectivity index (χ0) is 38.2. The Morgan fingerprint density at radius 3 is 1.73 bits per heavy atom. The lowest BCUT2D eigenvalue weighted by Gasteiger charge is -2.33. The van der Waals surface area contributed by atoms with Crippen molar-refractivity contribution in [3.05, 3.63) is 94.7 Å². The van der Waals surface area contributed by atoms with Gasteiger partial charge in [0.2, 0.25) is 0 Å². The number of ether oxygens (including phenoxy) is 1. The van der Waals surface area contributed by atoms with Gasteiger partial charge in [-0.05, 0) is 74.5 Å². The van der Waals surface area contributed by atoms with E-state index in [0.29, 0.717) is 12.1 Å². The molecule has 4 aromatic rings. The van der Waals surface area contributed by atoms with Crippen molar-refractivity contribution in [1.82, 2.24) is 4.57 Å². The average Bonchev–Trinajstić information content (AvgIpc) is 3.44. The molecule has 4 rings (SSSR count). The fraction of sp³-hybridized carbons (Fsp3) is 0.273. The lowest BCUT2D eigenvalue weighted by atomic mass is 10.0. The molecule has 2 amide bonds. The number of amides is 2. The molecule has 0 fully saturated rings. The molecular weight excluding hydrogens is 701 g/mol. The summed E-state index contributed by atoms with van der Waals surface area (Å²) in [5, 5.41) is 33.4. The summed E-state index contributed by atoms with van der Waals surface area (Å²) in [6.07, 6.45) is -13.4. The fourth-order valence-corrected chi connectivity index (χ4v) is 4.82. The standard InChI is InChI=1S/C33H24F9N5O4/c1-29(50,27(48)45-22-6-3-19(14-43)24(12-22)32(37,38)39)17-51-30(2,16-47-10-9-18-11-21(31(34,35)36)5-8-26(18)47)28(49)46-23-7-4-20(15-44)25(13-23)33(40,41)42/h3-13,50H,16-17H2,1-2H3,(H,45,48)(H,46,49)/t29?,30-/m0/s1. The molecule has 2 atom stereocenters. The van der Waals surface area contributed by atoms with Crippen LogP contribution < -0.4 is 10.6 Å². The van der Waals surface area contributed by atoms with Crippen LogP contribution >= 0.6 is 0 Å². The number of alkyl halides is 9. The van der Waals surface area contributed by atoms with E-state index in [1.165, 1.54) is 29.0 Å². The van der Waals surface area contributed by atoms with E-state index >= 15 is 0 Å². The number of nitrogens with zero attached hydrogens (tertiary/aromatic N) is 3. The quantitative estimate of drug-likeness (QED) is 0.156. The van der Waals surface area contributed by atoms with E-state index in [1.54, 1.807) is 0 Å². The Labute approximate surface area is 282 Å². The third-order valence-electron chi connectivity index (χ3n) is 7.62. The fourth-order valence-electron chi connectivity index (χ4n) is 4.82. The number of carbonyl (C=O) groups excluding carboxylic acids is 2. The molecule has 0 saturated carbocycles. The minimum absolute atomic E-state index is 0.0847. The number of hydrogen-bond donors (Lipinski definition) is 3. The molecule has 18 heteroatoms. The Morgan fingerprint density at radius 1 is 0.745 bits per heavy atom. The third-order valence-corrected chi connectivity index (χ3v) is 7.62. The van der Waals surface area contributed by atoms with Gasteiger partial charge in [0, 0.05) is 28.5 Å². The van der Waals surface area contributed by atoms with Crippen molar-refractivity contribution in [3.8, 4) is 12.1 Å². The van der Waals surface area contributed by atoms with E-state index in [1.807, 2.05) is 0 Å². The molecule has 1 aromatic heterocycles. The molecule has 0 aliphatic rings. The Morgan fingerprint density at radius 2 is 1.25 bits per heavy atom. The highest BCUT2D eigenvalue weighted by atomic mass is 19.4. The first-order valence-electron chi connectivity index (χ1n) is 14.4. The van der Waals surface area contributed by atoms with E-state index in [4.69, 9.17) is 15.3 Å². The minimum atomic E-state index is -4.99. The number of hydrogen-bond acceptors (Lipinski definition) is 6. The summed E-state index contributed by atoms with van der Waals surface area (Å²) < 4.78 is 128. The first-order valence-corrected chi connectivity index (χ1v) is 14.4. The number of halogens is 9. The second-order valence-electron chi connectivity index (χ2n) is 11.7. The lowest BCUT2D eigenvalue weighted by molar-refractivity contribution is -0.159. The van der Waals surface area contributed by atoms with Crippen LogP contribution in [0.3, 0.4) is 0 Å². The maximum Gasteiger partial charge on any atom is 0.417 e. The summed E-state index contributed by atoms with van der Waals surface area (Å²) in [6.45, 7) is 0.383. The lowest BCUT2D eigenvalue weighted by Crippen LogP contribution is -2.52. The van der Waals surface area contributed by atoms with Gasteiger partial charge in [0.1, 0.15) is 0 Å². The summed E-state index contributed by atoms with van der Waals surface area (Å²) in [5.74, 6) is -2.48. The highest BCUT2D eigenvalue weighted by Crippen LogP contribution is 2.36. The molecule has 1 heterocycles. The van der Waals surface area contributed by atoms with Gasteiger partial charge in [-0.1, -0.05) is 0 Å². The van der Waals surface area contributed by atoms with Crippen LogP contribution in [0.15, 0.2) is 66.9 Å². The molecule has 51 heavy (non-hydrogen) atoms. The van der Waals surface area contributed by atoms with E-state index in [0.717, 1.165) is 56.3 Å². The van der Waals surface area contributed by atoms with Crippen molar-refractivity contribution in [1.29, 1.82) is 10.5 Å². The number of rotatable bonds is 9. The normalized spacial score (nSPS) is 14.5. The number of nitrogens with one attached hydrogen (secondary N) is 2. The van der Waals surface area contributed by atoms with E-state index in [-0.39, 0.29) is 10.9 Å². The van der Waals surface area contributed by atoms with Crippen molar-refractivity contribution in [2.24, 2.45) is 0 Å². The van der Waals surface area contributed by atoms with Crippen LogP contribution in [0.4, 0.5) is 50.9 Å². The van der Waals surface area contributed by atoms with E-state index in [2.05, 4.69) is 10.6 Å². The summed E-state index contributed by atoms with van der Waals surface area (Å²) in [5.41, 5.74) is -10.8. The highest BCUT2D eigenvalue weighted by Gasteiger charge is 2.42. The smallest absolute Gasteiger partial charge is 0.378 e. The number of aromatic nitrogens is 1. The summed E-state index contributed by atoms with van der Waals surface area (Å²) in [6, 6.07) is 11.2. The second kappa shape index (κ2) is 13.6. The molecule has 1 unspecified atom stereocenters. The van der Waals surface area contributed by atoms with Gasteiger partial charge in [0.25, 0.3) is 11.8 Å². The molecule has 268 valence electrons. The monoisotopic (exact) mass is 725 g/mol. The van der Waals surface area contributed by atoms with Gasteiger partial charge in [0.05, 0.1) is 53.1 Å². The van der Waals surface area contributed by atoms with Gasteiger partial charge >= 0.3 is 18.5 Å². The number of aliphatic hydroxyl groups is 1. The molecule has 0 aliphatic carbocycles. The van der Waals surface area contributed by atoms with Crippen LogP contribution in [0.25, 0.3) is 10.9 Å². The van der Waals surface area contributed by atoms with Gasteiger partial charge < -0.3 is 25.0 Å². The number of nitriles is 2. The summed E-state index contributed by atoms with van der Waals surface area (Å²) in [4.78, 5) is 26.7. The Hall–Kier alpha value is -5.59. The van der Waals surface area contributed by atoms with E-state index < -0.39 is 93.9 Å².